The molecule has 0 bridgehead atoms. The van der Waals surface area contributed by atoms with Gasteiger partial charge in [0, 0.05) is 5.56 Å². The molecule has 9 heteroatoms. The minimum Gasteiger partial charge on any atom is -0.494 e. The molecule has 2 aromatic carbocycles. The number of hydrogen-bond donors (Lipinski definition) is 0. The first-order valence-corrected chi connectivity index (χ1v) is 9.39. The van der Waals surface area contributed by atoms with Crippen molar-refractivity contribution in [2.75, 3.05) is 13.4 Å². The second-order valence-electron chi connectivity index (χ2n) is 6.58. The van der Waals surface area contributed by atoms with Crippen LogP contribution in [0.4, 0.5) is 5.69 Å². The number of carbonyl (C=O) groups is 1. The smallest absolute Gasteiger partial charge is 0.363 e. The zero-order valence-corrected chi connectivity index (χ0v) is 16.1. The fourth-order valence-electron chi connectivity index (χ4n) is 2.93. The molecular formula is C21H18N2O7. The number of ether oxygens (including phenoxy) is 4. The standard InChI is InChI=1S/C21H18N2O7/c1-2-3-8-27-15-6-4-13(5-7-15)20-22-16(21(24)30-20)9-14-10-18-19(29-12-28-18)11-17(14)23(25)26/h4-7,9-11H,2-3,8,12H2,1H3/b16-9+. The fraction of sp³-hybridized carbons (Fsp3) is 0.238. The summed E-state index contributed by atoms with van der Waals surface area (Å²) in [5.74, 6) is 0.781. The van der Waals surface area contributed by atoms with E-state index in [1.165, 1.54) is 18.2 Å². The number of cyclic esters (lactones) is 1. The van der Waals surface area contributed by atoms with E-state index >= 15 is 0 Å². The van der Waals surface area contributed by atoms with E-state index in [-0.39, 0.29) is 35.4 Å². The lowest BCUT2D eigenvalue weighted by Gasteiger charge is -2.05. The Kier molecular flexibility index (Phi) is 5.34. The van der Waals surface area contributed by atoms with Crippen LogP contribution in [0, 0.1) is 10.1 Å². The average Bonchev–Trinajstić information content (AvgIpc) is 3.34. The summed E-state index contributed by atoms with van der Waals surface area (Å²) in [6.07, 6.45) is 3.31. The molecule has 2 aromatic rings. The van der Waals surface area contributed by atoms with Gasteiger partial charge in [0.15, 0.2) is 17.2 Å². The number of hydrogen-bond acceptors (Lipinski definition) is 8. The normalized spacial score (nSPS) is 15.8. The number of unbranched alkanes of at least 4 members (excludes halogenated alkanes) is 1. The number of benzene rings is 2. The third kappa shape index (κ3) is 3.95. The van der Waals surface area contributed by atoms with Gasteiger partial charge in [-0.15, -0.1) is 0 Å². The van der Waals surface area contributed by atoms with Crippen LogP contribution >= 0.6 is 0 Å². The summed E-state index contributed by atoms with van der Waals surface area (Å²) in [5.41, 5.74) is 0.489. The summed E-state index contributed by atoms with van der Waals surface area (Å²) in [5, 5.41) is 11.4. The van der Waals surface area contributed by atoms with Crippen molar-refractivity contribution < 1.29 is 28.7 Å². The highest BCUT2D eigenvalue weighted by Gasteiger charge is 2.27. The van der Waals surface area contributed by atoms with E-state index in [1.54, 1.807) is 24.3 Å². The van der Waals surface area contributed by atoms with Crippen LogP contribution in [0.3, 0.4) is 0 Å². The van der Waals surface area contributed by atoms with Gasteiger partial charge in [0.25, 0.3) is 5.69 Å². The summed E-state index contributed by atoms with van der Waals surface area (Å²) >= 11 is 0. The predicted molar refractivity (Wildman–Crippen MR) is 107 cm³/mol. The second kappa shape index (κ2) is 8.24. The van der Waals surface area contributed by atoms with E-state index in [1.807, 2.05) is 0 Å². The fourth-order valence-corrected chi connectivity index (χ4v) is 2.93. The van der Waals surface area contributed by atoms with Gasteiger partial charge in [-0.1, -0.05) is 13.3 Å². The molecule has 0 unspecified atom stereocenters. The zero-order chi connectivity index (χ0) is 21.1. The number of nitro benzene ring substituents is 1. The van der Waals surface area contributed by atoms with Gasteiger partial charge in [0.05, 0.1) is 23.2 Å². The molecule has 0 aliphatic carbocycles. The van der Waals surface area contributed by atoms with E-state index in [9.17, 15) is 14.9 Å². The van der Waals surface area contributed by atoms with Crippen LogP contribution in [0.25, 0.3) is 6.08 Å². The van der Waals surface area contributed by atoms with Crippen molar-refractivity contribution in [3.05, 3.63) is 63.3 Å². The van der Waals surface area contributed by atoms with E-state index in [0.29, 0.717) is 23.7 Å². The van der Waals surface area contributed by atoms with Gasteiger partial charge in [-0.25, -0.2) is 9.79 Å². The maximum Gasteiger partial charge on any atom is 0.363 e. The molecule has 0 N–H and O–H groups in total. The molecule has 2 aliphatic heterocycles. The van der Waals surface area contributed by atoms with Crippen molar-refractivity contribution >= 4 is 23.6 Å². The van der Waals surface area contributed by atoms with Crippen LogP contribution in [0.1, 0.15) is 30.9 Å². The molecule has 0 amide bonds. The van der Waals surface area contributed by atoms with E-state index in [2.05, 4.69) is 11.9 Å². The van der Waals surface area contributed by atoms with Gasteiger partial charge in [-0.2, -0.15) is 0 Å². The number of nitro groups is 1. The summed E-state index contributed by atoms with van der Waals surface area (Å²) in [7, 11) is 0. The Labute approximate surface area is 171 Å². The molecule has 0 radical (unpaired) electrons. The molecule has 30 heavy (non-hydrogen) atoms. The number of nitrogens with zero attached hydrogens (tertiary/aromatic N) is 2. The van der Waals surface area contributed by atoms with Crippen LogP contribution in [-0.2, 0) is 9.53 Å². The SMILES string of the molecule is CCCCOc1ccc(C2=N/C(=C/c3cc4c(cc3[N+](=O)[O-])OCO4)C(=O)O2)cc1. The molecule has 4 rings (SSSR count). The lowest BCUT2D eigenvalue weighted by atomic mass is 10.1. The monoisotopic (exact) mass is 410 g/mol. The third-order valence-electron chi connectivity index (χ3n) is 4.50. The van der Waals surface area contributed by atoms with E-state index in [0.717, 1.165) is 12.8 Å². The minimum atomic E-state index is -0.694. The lowest BCUT2D eigenvalue weighted by molar-refractivity contribution is -0.385. The number of fused-ring (bicyclic) bond motifs is 1. The highest BCUT2D eigenvalue weighted by molar-refractivity contribution is 6.13. The molecule has 0 atom stereocenters. The molecule has 9 nitrogen and oxygen atoms in total. The van der Waals surface area contributed by atoms with Gasteiger partial charge in [0.1, 0.15) is 5.75 Å². The quantitative estimate of drug-likeness (QED) is 0.224. The molecule has 154 valence electrons. The molecule has 0 fully saturated rings. The summed E-state index contributed by atoms with van der Waals surface area (Å²) in [4.78, 5) is 27.3. The first kappa shape index (κ1) is 19.4. The van der Waals surface area contributed by atoms with Crippen LogP contribution in [-0.4, -0.2) is 30.2 Å². The van der Waals surface area contributed by atoms with Crippen LogP contribution in [0.15, 0.2) is 47.1 Å². The number of rotatable bonds is 7. The largest absolute Gasteiger partial charge is 0.494 e. The van der Waals surface area contributed by atoms with E-state index in [4.69, 9.17) is 18.9 Å². The van der Waals surface area contributed by atoms with Gasteiger partial charge in [-0.3, -0.25) is 10.1 Å². The first-order chi connectivity index (χ1) is 14.5. The number of aliphatic imine (C=N–C) groups is 1. The third-order valence-corrected chi connectivity index (χ3v) is 4.50. The Balaban J connectivity index is 1.60. The van der Waals surface area contributed by atoms with Crippen molar-refractivity contribution in [3.63, 3.8) is 0 Å². The van der Waals surface area contributed by atoms with Gasteiger partial charge in [-0.05, 0) is 42.8 Å². The Morgan fingerprint density at radius 1 is 1.20 bits per heavy atom. The average molecular weight is 410 g/mol. The maximum atomic E-state index is 12.3. The van der Waals surface area contributed by atoms with Crippen molar-refractivity contribution in [2.45, 2.75) is 19.8 Å². The topological polar surface area (TPSA) is 109 Å². The van der Waals surface area contributed by atoms with Gasteiger partial charge >= 0.3 is 5.97 Å². The molecule has 2 aliphatic rings. The Morgan fingerprint density at radius 2 is 1.93 bits per heavy atom. The maximum absolute atomic E-state index is 12.3. The number of esters is 1. The van der Waals surface area contributed by atoms with E-state index < -0.39 is 10.9 Å². The van der Waals surface area contributed by atoms with Crippen molar-refractivity contribution in [3.8, 4) is 17.2 Å². The second-order valence-corrected chi connectivity index (χ2v) is 6.58. The van der Waals surface area contributed by atoms with Crippen molar-refractivity contribution in [1.82, 2.24) is 0 Å². The number of carbonyl (C=O) groups excluding carboxylic acids is 1. The Bertz CT molecular complexity index is 1060. The first-order valence-electron chi connectivity index (χ1n) is 9.39. The Hall–Kier alpha value is -3.88. The molecule has 2 heterocycles. The van der Waals surface area contributed by atoms with Gasteiger partial charge < -0.3 is 18.9 Å². The molecular weight excluding hydrogens is 392 g/mol. The summed E-state index contributed by atoms with van der Waals surface area (Å²) in [6.45, 7) is 2.70. The van der Waals surface area contributed by atoms with Crippen LogP contribution < -0.4 is 14.2 Å². The highest BCUT2D eigenvalue weighted by atomic mass is 16.7. The van der Waals surface area contributed by atoms with Crippen LogP contribution in [0.5, 0.6) is 17.2 Å². The summed E-state index contributed by atoms with van der Waals surface area (Å²) in [6, 6.07) is 9.71. The van der Waals surface area contributed by atoms with Crippen molar-refractivity contribution in [2.24, 2.45) is 4.99 Å². The lowest BCUT2D eigenvalue weighted by Crippen LogP contribution is -2.05. The van der Waals surface area contributed by atoms with Gasteiger partial charge in [0.2, 0.25) is 12.7 Å². The summed E-state index contributed by atoms with van der Waals surface area (Å²) < 4.78 is 21.3. The molecule has 0 spiro atoms. The predicted octanol–water partition coefficient (Wildman–Crippen LogP) is 3.85. The molecule has 0 saturated heterocycles. The highest BCUT2D eigenvalue weighted by Crippen LogP contribution is 2.39. The van der Waals surface area contributed by atoms with Crippen molar-refractivity contribution in [1.29, 1.82) is 0 Å². The zero-order valence-electron chi connectivity index (χ0n) is 16.1. The van der Waals surface area contributed by atoms with Crippen LogP contribution in [0.2, 0.25) is 0 Å². The molecule has 0 saturated carbocycles. The minimum absolute atomic E-state index is 0.0188. The Morgan fingerprint density at radius 3 is 2.63 bits per heavy atom. The molecule has 0 aromatic heterocycles.